The number of rotatable bonds is 2. The van der Waals surface area contributed by atoms with Gasteiger partial charge in [-0.3, -0.25) is 0 Å². The molecule has 0 aliphatic rings. The van der Waals surface area contributed by atoms with Crippen LogP contribution in [0.1, 0.15) is 32.5 Å². The Morgan fingerprint density at radius 2 is 1.80 bits per heavy atom. The van der Waals surface area contributed by atoms with Gasteiger partial charge in [0.15, 0.2) is 0 Å². The molecule has 108 valence electrons. The second-order valence-corrected chi connectivity index (χ2v) is 5.83. The lowest BCUT2D eigenvalue weighted by atomic mass is 10.0. The maximum atomic E-state index is 13.7. The van der Waals surface area contributed by atoms with E-state index in [1.807, 2.05) is 6.92 Å². The Labute approximate surface area is 117 Å². The average molecular weight is 304 g/mol. The molecule has 0 aliphatic carbocycles. The van der Waals surface area contributed by atoms with Crippen LogP contribution < -0.4 is 0 Å². The van der Waals surface area contributed by atoms with Crippen LogP contribution in [0, 0.1) is 19.7 Å². The number of hydrogen-bond donors (Lipinski definition) is 1. The van der Waals surface area contributed by atoms with Gasteiger partial charge in [0.2, 0.25) is 0 Å². The SMILES string of the molecule is Cc1cc(C)c(C(O)c2cc(C(F)(F)F)ccc2F)s1. The van der Waals surface area contributed by atoms with E-state index in [1.54, 1.807) is 13.0 Å². The molecule has 2 rings (SSSR count). The van der Waals surface area contributed by atoms with E-state index in [2.05, 4.69) is 0 Å². The Balaban J connectivity index is 2.49. The first-order chi connectivity index (χ1) is 9.20. The van der Waals surface area contributed by atoms with E-state index in [0.717, 1.165) is 16.5 Å². The third-order valence-electron chi connectivity index (χ3n) is 2.95. The predicted octanol–water partition coefficient (Wildman–Crippen LogP) is 4.60. The highest BCUT2D eigenvalue weighted by molar-refractivity contribution is 7.12. The van der Waals surface area contributed by atoms with Crippen molar-refractivity contribution in [1.82, 2.24) is 0 Å². The maximum Gasteiger partial charge on any atom is 0.416 e. The van der Waals surface area contributed by atoms with Crippen molar-refractivity contribution in [3.8, 4) is 0 Å². The van der Waals surface area contributed by atoms with Crippen LogP contribution in [0.2, 0.25) is 0 Å². The molecule has 6 heteroatoms. The molecule has 0 saturated heterocycles. The van der Waals surface area contributed by atoms with E-state index in [4.69, 9.17) is 0 Å². The third-order valence-corrected chi connectivity index (χ3v) is 4.15. The highest BCUT2D eigenvalue weighted by atomic mass is 32.1. The van der Waals surface area contributed by atoms with Gasteiger partial charge < -0.3 is 5.11 Å². The van der Waals surface area contributed by atoms with Gasteiger partial charge >= 0.3 is 6.18 Å². The third kappa shape index (κ3) is 2.86. The Morgan fingerprint density at radius 3 is 2.30 bits per heavy atom. The van der Waals surface area contributed by atoms with Crippen LogP contribution in [0.25, 0.3) is 0 Å². The van der Waals surface area contributed by atoms with Crippen molar-refractivity contribution < 1.29 is 22.7 Å². The minimum atomic E-state index is -4.57. The molecule has 1 N–H and O–H groups in total. The summed E-state index contributed by atoms with van der Waals surface area (Å²) in [6, 6.07) is 3.86. The fourth-order valence-corrected chi connectivity index (χ4v) is 3.04. The van der Waals surface area contributed by atoms with Crippen LogP contribution in [-0.2, 0) is 6.18 Å². The summed E-state index contributed by atoms with van der Waals surface area (Å²) in [5.74, 6) is -0.851. The Hall–Kier alpha value is -1.40. The maximum absolute atomic E-state index is 13.7. The van der Waals surface area contributed by atoms with Gasteiger partial charge in [0.05, 0.1) is 5.56 Å². The van der Waals surface area contributed by atoms with Crippen molar-refractivity contribution in [3.05, 3.63) is 56.5 Å². The normalized spacial score (nSPS) is 13.6. The second kappa shape index (κ2) is 5.18. The number of aryl methyl sites for hydroxylation is 2. The van der Waals surface area contributed by atoms with Crippen LogP contribution in [0.5, 0.6) is 0 Å². The van der Waals surface area contributed by atoms with Gasteiger partial charge in [-0.15, -0.1) is 11.3 Å². The summed E-state index contributed by atoms with van der Waals surface area (Å²) >= 11 is 1.24. The molecule has 0 fully saturated rings. The fourth-order valence-electron chi connectivity index (χ4n) is 2.00. The zero-order valence-corrected chi connectivity index (χ0v) is 11.6. The highest BCUT2D eigenvalue weighted by Gasteiger charge is 2.32. The lowest BCUT2D eigenvalue weighted by Gasteiger charge is -2.14. The molecule has 0 amide bonds. The molecule has 1 atom stereocenters. The van der Waals surface area contributed by atoms with E-state index in [9.17, 15) is 22.7 Å². The molecule has 20 heavy (non-hydrogen) atoms. The van der Waals surface area contributed by atoms with Crippen LogP contribution >= 0.6 is 11.3 Å². The minimum absolute atomic E-state index is 0.357. The first-order valence-corrected chi connectivity index (χ1v) is 6.63. The molecule has 1 aromatic heterocycles. The van der Waals surface area contributed by atoms with Gasteiger partial charge in [0, 0.05) is 15.3 Å². The lowest BCUT2D eigenvalue weighted by molar-refractivity contribution is -0.137. The standard InChI is InChI=1S/C14H12F4OS/c1-7-5-8(2)20-13(7)12(19)10-6-9(14(16,17)18)3-4-11(10)15/h3-6,12,19H,1-2H3. The summed E-state index contributed by atoms with van der Waals surface area (Å²) in [7, 11) is 0. The van der Waals surface area contributed by atoms with E-state index < -0.39 is 23.7 Å². The Kier molecular flexibility index (Phi) is 3.88. The summed E-state index contributed by atoms with van der Waals surface area (Å²) in [6.07, 6.45) is -5.96. The molecule has 0 radical (unpaired) electrons. The molecule has 1 nitrogen and oxygen atoms in total. The van der Waals surface area contributed by atoms with Crippen molar-refractivity contribution in [3.63, 3.8) is 0 Å². The van der Waals surface area contributed by atoms with E-state index in [0.29, 0.717) is 17.0 Å². The summed E-state index contributed by atoms with van der Waals surface area (Å²) in [4.78, 5) is 1.37. The van der Waals surface area contributed by atoms with Crippen LogP contribution in [-0.4, -0.2) is 5.11 Å². The molecular weight excluding hydrogens is 292 g/mol. The molecule has 0 spiro atoms. The van der Waals surface area contributed by atoms with Gasteiger partial charge in [-0.05, 0) is 43.7 Å². The number of aliphatic hydroxyl groups excluding tert-OH is 1. The summed E-state index contributed by atoms with van der Waals surface area (Å²) in [6.45, 7) is 3.55. The zero-order valence-electron chi connectivity index (χ0n) is 10.8. The van der Waals surface area contributed by atoms with Crippen molar-refractivity contribution >= 4 is 11.3 Å². The fraction of sp³-hybridized carbons (Fsp3) is 0.286. The minimum Gasteiger partial charge on any atom is -0.383 e. The zero-order chi connectivity index (χ0) is 15.1. The first-order valence-electron chi connectivity index (χ1n) is 5.82. The molecule has 0 bridgehead atoms. The summed E-state index contributed by atoms with van der Waals surface area (Å²) < 4.78 is 51.7. The number of hydrogen-bond acceptors (Lipinski definition) is 2. The molecule has 0 saturated carbocycles. The quantitative estimate of drug-likeness (QED) is 0.804. The molecular formula is C14H12F4OS. The average Bonchev–Trinajstić information content (AvgIpc) is 2.66. The molecule has 1 heterocycles. The van der Waals surface area contributed by atoms with Gasteiger partial charge in [-0.2, -0.15) is 13.2 Å². The lowest BCUT2D eigenvalue weighted by Crippen LogP contribution is -2.09. The summed E-state index contributed by atoms with van der Waals surface area (Å²) in [5, 5.41) is 10.2. The predicted molar refractivity (Wildman–Crippen MR) is 69.3 cm³/mol. The molecule has 1 aromatic carbocycles. The van der Waals surface area contributed by atoms with Crippen molar-refractivity contribution in [1.29, 1.82) is 0 Å². The molecule has 2 aromatic rings. The van der Waals surface area contributed by atoms with E-state index in [-0.39, 0.29) is 5.56 Å². The number of benzene rings is 1. The second-order valence-electron chi connectivity index (χ2n) is 4.54. The van der Waals surface area contributed by atoms with Gasteiger partial charge in [0.1, 0.15) is 11.9 Å². The van der Waals surface area contributed by atoms with Crippen molar-refractivity contribution in [2.75, 3.05) is 0 Å². The smallest absolute Gasteiger partial charge is 0.383 e. The van der Waals surface area contributed by atoms with E-state index in [1.165, 1.54) is 11.3 Å². The Morgan fingerprint density at radius 1 is 1.15 bits per heavy atom. The highest BCUT2D eigenvalue weighted by Crippen LogP contribution is 2.36. The largest absolute Gasteiger partial charge is 0.416 e. The monoisotopic (exact) mass is 304 g/mol. The molecule has 0 aliphatic heterocycles. The first kappa shape index (κ1) is 15.0. The number of halogens is 4. The van der Waals surface area contributed by atoms with Crippen LogP contribution in [0.3, 0.4) is 0 Å². The van der Waals surface area contributed by atoms with Gasteiger partial charge in [-0.1, -0.05) is 0 Å². The van der Waals surface area contributed by atoms with Crippen molar-refractivity contribution in [2.24, 2.45) is 0 Å². The topological polar surface area (TPSA) is 20.2 Å². The van der Waals surface area contributed by atoms with Crippen LogP contribution in [0.15, 0.2) is 24.3 Å². The van der Waals surface area contributed by atoms with Crippen LogP contribution in [0.4, 0.5) is 17.6 Å². The summed E-state index contributed by atoms with van der Waals surface area (Å²) in [5.41, 5.74) is -0.597. The molecule has 1 unspecified atom stereocenters. The van der Waals surface area contributed by atoms with Gasteiger partial charge in [0.25, 0.3) is 0 Å². The Bertz CT molecular complexity index is 631. The number of thiophene rings is 1. The van der Waals surface area contributed by atoms with E-state index >= 15 is 0 Å². The number of aliphatic hydroxyl groups is 1. The number of alkyl halides is 3. The van der Waals surface area contributed by atoms with Crippen molar-refractivity contribution in [2.45, 2.75) is 26.1 Å². The van der Waals surface area contributed by atoms with Gasteiger partial charge in [-0.25, -0.2) is 4.39 Å².